The van der Waals surface area contributed by atoms with Crippen molar-refractivity contribution in [3.05, 3.63) is 64.7 Å². The summed E-state index contributed by atoms with van der Waals surface area (Å²) >= 11 is 0. The highest BCUT2D eigenvalue weighted by molar-refractivity contribution is 5.95. The molecule has 0 aromatic heterocycles. The smallest absolute Gasteiger partial charge is 0.269 e. The van der Waals surface area contributed by atoms with E-state index in [1.165, 1.54) is 5.56 Å². The standard InChI is InChI=1S/C19H24N2O/c1-13-7-6-8-14(2)17(13)20-21-18(22)15-9-11-16(12-10-15)19(3,4)5/h6-12,20H,1-5H3,(H,21,22). The van der Waals surface area contributed by atoms with Crippen LogP contribution in [0.2, 0.25) is 0 Å². The summed E-state index contributed by atoms with van der Waals surface area (Å²) in [6.45, 7) is 10.5. The number of amides is 1. The van der Waals surface area contributed by atoms with E-state index in [0.717, 1.165) is 16.8 Å². The first kappa shape index (κ1) is 16.1. The van der Waals surface area contributed by atoms with Crippen molar-refractivity contribution in [3.8, 4) is 0 Å². The molecule has 0 bridgehead atoms. The molecule has 0 aliphatic carbocycles. The minimum atomic E-state index is -0.136. The van der Waals surface area contributed by atoms with Gasteiger partial charge in [-0.2, -0.15) is 0 Å². The third-order valence-electron chi connectivity index (χ3n) is 3.80. The molecule has 2 aromatic carbocycles. The van der Waals surface area contributed by atoms with Crippen LogP contribution >= 0.6 is 0 Å². The van der Waals surface area contributed by atoms with Gasteiger partial charge in [0.25, 0.3) is 5.91 Å². The summed E-state index contributed by atoms with van der Waals surface area (Å²) < 4.78 is 0. The quantitative estimate of drug-likeness (QED) is 0.826. The van der Waals surface area contributed by atoms with Gasteiger partial charge in [-0.15, -0.1) is 0 Å². The maximum Gasteiger partial charge on any atom is 0.269 e. The van der Waals surface area contributed by atoms with Crippen molar-refractivity contribution in [2.24, 2.45) is 0 Å². The van der Waals surface area contributed by atoms with Gasteiger partial charge in [0.1, 0.15) is 0 Å². The van der Waals surface area contributed by atoms with Crippen LogP contribution in [0.25, 0.3) is 0 Å². The molecule has 3 heteroatoms. The van der Waals surface area contributed by atoms with E-state index in [2.05, 4.69) is 31.6 Å². The van der Waals surface area contributed by atoms with Crippen molar-refractivity contribution in [3.63, 3.8) is 0 Å². The molecule has 0 atom stereocenters. The number of hydrazine groups is 1. The van der Waals surface area contributed by atoms with Gasteiger partial charge in [0.15, 0.2) is 0 Å². The van der Waals surface area contributed by atoms with Crippen LogP contribution in [0.1, 0.15) is 47.8 Å². The number of benzene rings is 2. The second kappa shape index (κ2) is 6.22. The Hall–Kier alpha value is -2.29. The molecule has 0 unspecified atom stereocenters. The Balaban J connectivity index is 2.07. The SMILES string of the molecule is Cc1cccc(C)c1NNC(=O)c1ccc(C(C)(C)C)cc1. The van der Waals surface area contributed by atoms with E-state index in [-0.39, 0.29) is 11.3 Å². The zero-order chi connectivity index (χ0) is 16.3. The van der Waals surface area contributed by atoms with Crippen molar-refractivity contribution < 1.29 is 4.79 Å². The Kier molecular flexibility index (Phi) is 4.55. The van der Waals surface area contributed by atoms with Gasteiger partial charge in [0, 0.05) is 5.56 Å². The summed E-state index contributed by atoms with van der Waals surface area (Å²) in [5.74, 6) is -0.136. The van der Waals surface area contributed by atoms with E-state index >= 15 is 0 Å². The molecule has 0 saturated carbocycles. The third-order valence-corrected chi connectivity index (χ3v) is 3.80. The minimum Gasteiger partial charge on any atom is -0.298 e. The number of carbonyl (C=O) groups excluding carboxylic acids is 1. The van der Waals surface area contributed by atoms with E-state index in [0.29, 0.717) is 5.56 Å². The lowest BCUT2D eigenvalue weighted by atomic mass is 9.87. The Morgan fingerprint density at radius 3 is 1.95 bits per heavy atom. The molecule has 116 valence electrons. The fourth-order valence-electron chi connectivity index (χ4n) is 2.32. The van der Waals surface area contributed by atoms with Gasteiger partial charge in [-0.3, -0.25) is 15.6 Å². The Morgan fingerprint density at radius 1 is 0.909 bits per heavy atom. The summed E-state index contributed by atoms with van der Waals surface area (Å²) in [6.07, 6.45) is 0. The molecule has 0 aliphatic heterocycles. The first-order valence-corrected chi connectivity index (χ1v) is 7.52. The topological polar surface area (TPSA) is 41.1 Å². The van der Waals surface area contributed by atoms with Crippen molar-refractivity contribution in [2.75, 3.05) is 5.43 Å². The van der Waals surface area contributed by atoms with Gasteiger partial charge in [0.2, 0.25) is 0 Å². The van der Waals surface area contributed by atoms with Crippen molar-refractivity contribution >= 4 is 11.6 Å². The van der Waals surface area contributed by atoms with Crippen LogP contribution in [0, 0.1) is 13.8 Å². The average Bonchev–Trinajstić information content (AvgIpc) is 2.46. The van der Waals surface area contributed by atoms with Gasteiger partial charge in [-0.1, -0.05) is 51.1 Å². The third kappa shape index (κ3) is 3.67. The normalized spacial score (nSPS) is 11.1. The maximum atomic E-state index is 12.2. The van der Waals surface area contributed by atoms with Crippen LogP contribution in [0.3, 0.4) is 0 Å². The molecule has 2 rings (SSSR count). The summed E-state index contributed by atoms with van der Waals surface area (Å²) in [4.78, 5) is 12.2. The lowest BCUT2D eigenvalue weighted by Crippen LogP contribution is -2.30. The number of para-hydroxylation sites is 1. The van der Waals surface area contributed by atoms with E-state index < -0.39 is 0 Å². The van der Waals surface area contributed by atoms with Gasteiger partial charge < -0.3 is 0 Å². The molecular formula is C19H24N2O. The molecule has 0 aliphatic rings. The molecule has 0 fully saturated rings. The van der Waals surface area contributed by atoms with Crippen LogP contribution in [0.5, 0.6) is 0 Å². The molecule has 2 aromatic rings. The number of rotatable bonds is 3. The largest absolute Gasteiger partial charge is 0.298 e. The Bertz CT molecular complexity index is 647. The predicted octanol–water partition coefficient (Wildman–Crippen LogP) is 4.36. The zero-order valence-corrected chi connectivity index (χ0v) is 13.9. The first-order chi connectivity index (χ1) is 10.3. The van der Waals surface area contributed by atoms with Crippen LogP contribution in [-0.4, -0.2) is 5.91 Å². The molecule has 0 saturated heterocycles. The number of nitrogens with one attached hydrogen (secondary N) is 2. The monoisotopic (exact) mass is 296 g/mol. The van der Waals surface area contributed by atoms with Gasteiger partial charge in [-0.25, -0.2) is 0 Å². The van der Waals surface area contributed by atoms with Crippen molar-refractivity contribution in [1.29, 1.82) is 0 Å². The lowest BCUT2D eigenvalue weighted by molar-refractivity contribution is 0.0962. The molecule has 22 heavy (non-hydrogen) atoms. The van der Waals surface area contributed by atoms with Crippen molar-refractivity contribution in [2.45, 2.75) is 40.0 Å². The van der Waals surface area contributed by atoms with Crippen LogP contribution in [0.4, 0.5) is 5.69 Å². The van der Waals surface area contributed by atoms with E-state index in [4.69, 9.17) is 0 Å². The van der Waals surface area contributed by atoms with E-state index in [9.17, 15) is 4.79 Å². The second-order valence-corrected chi connectivity index (χ2v) is 6.67. The zero-order valence-electron chi connectivity index (χ0n) is 13.9. The first-order valence-electron chi connectivity index (χ1n) is 7.52. The minimum absolute atomic E-state index is 0.0888. The number of hydrogen-bond acceptors (Lipinski definition) is 2. The summed E-state index contributed by atoms with van der Waals surface area (Å²) in [6, 6.07) is 13.8. The highest BCUT2D eigenvalue weighted by Gasteiger charge is 2.14. The van der Waals surface area contributed by atoms with Gasteiger partial charge in [-0.05, 0) is 48.1 Å². The van der Waals surface area contributed by atoms with Crippen molar-refractivity contribution in [1.82, 2.24) is 5.43 Å². The molecule has 0 radical (unpaired) electrons. The van der Waals surface area contributed by atoms with Crippen LogP contribution in [-0.2, 0) is 5.41 Å². The highest BCUT2D eigenvalue weighted by Crippen LogP contribution is 2.22. The number of hydrogen-bond donors (Lipinski definition) is 2. The fourth-order valence-corrected chi connectivity index (χ4v) is 2.32. The summed E-state index contributed by atoms with van der Waals surface area (Å²) in [5.41, 5.74) is 10.9. The highest BCUT2D eigenvalue weighted by atomic mass is 16.2. The average molecular weight is 296 g/mol. The summed E-state index contributed by atoms with van der Waals surface area (Å²) in [7, 11) is 0. The Labute approximate surface area is 132 Å². The Morgan fingerprint density at radius 2 is 1.45 bits per heavy atom. The van der Waals surface area contributed by atoms with Crippen LogP contribution < -0.4 is 10.9 Å². The molecular weight excluding hydrogens is 272 g/mol. The van der Waals surface area contributed by atoms with E-state index in [1.54, 1.807) is 0 Å². The number of aryl methyl sites for hydroxylation is 2. The molecule has 1 amide bonds. The second-order valence-electron chi connectivity index (χ2n) is 6.67. The number of anilines is 1. The summed E-state index contributed by atoms with van der Waals surface area (Å²) in [5, 5.41) is 0. The molecule has 3 nitrogen and oxygen atoms in total. The molecule has 0 heterocycles. The predicted molar refractivity (Wildman–Crippen MR) is 92.1 cm³/mol. The lowest BCUT2D eigenvalue weighted by Gasteiger charge is -2.19. The maximum absolute atomic E-state index is 12.2. The fraction of sp³-hybridized carbons (Fsp3) is 0.316. The van der Waals surface area contributed by atoms with Gasteiger partial charge >= 0.3 is 0 Å². The molecule has 2 N–H and O–H groups in total. The number of carbonyl (C=O) groups is 1. The van der Waals surface area contributed by atoms with Crippen LogP contribution in [0.15, 0.2) is 42.5 Å². The molecule has 0 spiro atoms. The van der Waals surface area contributed by atoms with Gasteiger partial charge in [0.05, 0.1) is 5.69 Å². The van der Waals surface area contributed by atoms with E-state index in [1.807, 2.05) is 56.3 Å².